The lowest BCUT2D eigenvalue weighted by Gasteiger charge is -2.29. The van der Waals surface area contributed by atoms with Gasteiger partial charge in [-0.15, -0.1) is 5.10 Å². The standard InChI is InChI=1S/C28H37N7O4/c1-28(2,3)39-27(38)31-21(12-10-18-8-6-5-7-9-18)26(37)35-17-20(29)15-24(35)25(36)30-16-19-11-13-23-22(14-19)32-33-34(23)4/h5-9,11,13-14,20-21,24H,10,12,15-17,29H2,1-4H3,(H,30,36)(H,31,38)/t20?,21?,24-/m0/s1. The number of nitrogens with two attached hydrogens (primary N) is 1. The van der Waals surface area contributed by atoms with Crippen molar-refractivity contribution in [2.75, 3.05) is 6.54 Å². The number of ether oxygens (including phenoxy) is 1. The largest absolute Gasteiger partial charge is 0.444 e. The van der Waals surface area contributed by atoms with Gasteiger partial charge in [0.2, 0.25) is 11.8 Å². The molecule has 3 atom stereocenters. The molecular weight excluding hydrogens is 498 g/mol. The third kappa shape index (κ3) is 7.32. The van der Waals surface area contributed by atoms with Crippen LogP contribution in [0.15, 0.2) is 48.5 Å². The first-order valence-corrected chi connectivity index (χ1v) is 13.2. The van der Waals surface area contributed by atoms with Gasteiger partial charge in [0, 0.05) is 26.2 Å². The van der Waals surface area contributed by atoms with Crippen LogP contribution in [-0.4, -0.2) is 68.1 Å². The lowest BCUT2D eigenvalue weighted by molar-refractivity contribution is -0.140. The molecule has 1 saturated heterocycles. The van der Waals surface area contributed by atoms with Crippen molar-refractivity contribution >= 4 is 28.9 Å². The first kappa shape index (κ1) is 28.0. The van der Waals surface area contributed by atoms with E-state index in [1.807, 2.05) is 55.6 Å². The monoisotopic (exact) mass is 535 g/mol. The first-order valence-electron chi connectivity index (χ1n) is 13.2. The molecule has 1 aromatic heterocycles. The van der Waals surface area contributed by atoms with Crippen molar-refractivity contribution in [1.29, 1.82) is 0 Å². The Morgan fingerprint density at radius 3 is 2.59 bits per heavy atom. The van der Waals surface area contributed by atoms with Gasteiger partial charge in [-0.25, -0.2) is 9.48 Å². The topological polar surface area (TPSA) is 144 Å². The average molecular weight is 536 g/mol. The predicted molar refractivity (Wildman–Crippen MR) is 146 cm³/mol. The third-order valence-electron chi connectivity index (χ3n) is 6.61. The van der Waals surface area contributed by atoms with Gasteiger partial charge in [0.05, 0.1) is 5.52 Å². The van der Waals surface area contributed by atoms with Crippen molar-refractivity contribution in [3.63, 3.8) is 0 Å². The number of aromatic nitrogens is 3. The molecule has 2 aromatic carbocycles. The molecule has 1 aliphatic rings. The quantitative estimate of drug-likeness (QED) is 0.400. The van der Waals surface area contributed by atoms with Crippen molar-refractivity contribution in [1.82, 2.24) is 30.5 Å². The molecule has 4 N–H and O–H groups in total. The normalized spacial score (nSPS) is 18.1. The predicted octanol–water partition coefficient (Wildman–Crippen LogP) is 2.04. The van der Waals surface area contributed by atoms with E-state index in [4.69, 9.17) is 10.5 Å². The Morgan fingerprint density at radius 1 is 1.13 bits per heavy atom. The van der Waals surface area contributed by atoms with Crippen molar-refractivity contribution in [2.24, 2.45) is 12.8 Å². The molecule has 1 fully saturated rings. The van der Waals surface area contributed by atoms with Crippen LogP contribution < -0.4 is 16.4 Å². The number of carbonyl (C=O) groups excluding carboxylic acids is 3. The van der Waals surface area contributed by atoms with Crippen LogP contribution in [0.2, 0.25) is 0 Å². The third-order valence-corrected chi connectivity index (χ3v) is 6.61. The van der Waals surface area contributed by atoms with Crippen molar-refractivity contribution < 1.29 is 19.1 Å². The Labute approximate surface area is 228 Å². The zero-order valence-electron chi connectivity index (χ0n) is 22.9. The number of benzene rings is 2. The average Bonchev–Trinajstić information content (AvgIpc) is 3.46. The minimum Gasteiger partial charge on any atom is -0.444 e. The number of nitrogens with zero attached hydrogens (tertiary/aromatic N) is 4. The highest BCUT2D eigenvalue weighted by molar-refractivity contribution is 5.92. The Hall–Kier alpha value is -3.99. The summed E-state index contributed by atoms with van der Waals surface area (Å²) < 4.78 is 7.09. The maximum Gasteiger partial charge on any atom is 0.408 e. The van der Waals surface area contributed by atoms with Crippen LogP contribution >= 0.6 is 0 Å². The van der Waals surface area contributed by atoms with E-state index in [1.54, 1.807) is 25.5 Å². The highest BCUT2D eigenvalue weighted by Gasteiger charge is 2.41. The molecule has 0 spiro atoms. The lowest BCUT2D eigenvalue weighted by atomic mass is 10.0. The van der Waals surface area contributed by atoms with E-state index in [2.05, 4.69) is 20.9 Å². The number of fused-ring (bicyclic) bond motifs is 1. The summed E-state index contributed by atoms with van der Waals surface area (Å²) in [6, 6.07) is 13.4. The molecule has 0 saturated carbocycles. The van der Waals surface area contributed by atoms with Crippen molar-refractivity contribution in [3.8, 4) is 0 Å². The molecule has 11 heteroatoms. The highest BCUT2D eigenvalue weighted by Crippen LogP contribution is 2.21. The second-order valence-electron chi connectivity index (χ2n) is 11.0. The van der Waals surface area contributed by atoms with Gasteiger partial charge in [0.1, 0.15) is 23.2 Å². The number of hydrogen-bond acceptors (Lipinski definition) is 7. The van der Waals surface area contributed by atoms with Gasteiger partial charge in [-0.2, -0.15) is 0 Å². The van der Waals surface area contributed by atoms with E-state index in [0.29, 0.717) is 19.3 Å². The summed E-state index contributed by atoms with van der Waals surface area (Å²) in [7, 11) is 1.82. The molecular formula is C28H37N7O4. The Bertz CT molecular complexity index is 1320. The van der Waals surface area contributed by atoms with E-state index in [-0.39, 0.29) is 30.9 Å². The number of carbonyl (C=O) groups is 3. The molecule has 3 amide bonds. The van der Waals surface area contributed by atoms with Crippen LogP contribution in [0.1, 0.15) is 44.7 Å². The molecule has 39 heavy (non-hydrogen) atoms. The van der Waals surface area contributed by atoms with Gasteiger partial charge in [-0.05, 0) is 63.3 Å². The van der Waals surface area contributed by atoms with Gasteiger partial charge in [0.25, 0.3) is 0 Å². The van der Waals surface area contributed by atoms with Gasteiger partial charge < -0.3 is 26.0 Å². The van der Waals surface area contributed by atoms with E-state index < -0.39 is 23.8 Å². The number of nitrogens with one attached hydrogen (secondary N) is 2. The van der Waals surface area contributed by atoms with Crippen LogP contribution in [0.3, 0.4) is 0 Å². The molecule has 2 heterocycles. The first-order chi connectivity index (χ1) is 18.5. The van der Waals surface area contributed by atoms with Gasteiger partial charge in [0.15, 0.2) is 0 Å². The van der Waals surface area contributed by atoms with E-state index in [9.17, 15) is 14.4 Å². The number of amides is 3. The van der Waals surface area contributed by atoms with E-state index >= 15 is 0 Å². The molecule has 4 rings (SSSR count). The molecule has 3 aromatic rings. The summed E-state index contributed by atoms with van der Waals surface area (Å²) in [4.78, 5) is 41.1. The molecule has 2 unspecified atom stereocenters. The number of likely N-dealkylation sites (tertiary alicyclic amines) is 1. The van der Waals surface area contributed by atoms with Crippen molar-refractivity contribution in [3.05, 3.63) is 59.7 Å². The maximum absolute atomic E-state index is 13.8. The summed E-state index contributed by atoms with van der Waals surface area (Å²) >= 11 is 0. The summed E-state index contributed by atoms with van der Waals surface area (Å²) in [5.74, 6) is -0.652. The molecule has 0 bridgehead atoms. The second kappa shape index (κ2) is 11.8. The van der Waals surface area contributed by atoms with Crippen molar-refractivity contribution in [2.45, 2.75) is 70.3 Å². The number of aryl methyl sites for hydroxylation is 2. The summed E-state index contributed by atoms with van der Waals surface area (Å²) in [6.07, 6.45) is 0.561. The molecule has 208 valence electrons. The fourth-order valence-electron chi connectivity index (χ4n) is 4.73. The number of alkyl carbamates (subject to hydrolysis) is 1. The summed E-state index contributed by atoms with van der Waals surface area (Å²) in [5.41, 5.74) is 9.02. The summed E-state index contributed by atoms with van der Waals surface area (Å²) in [5, 5.41) is 13.8. The smallest absolute Gasteiger partial charge is 0.408 e. The van der Waals surface area contributed by atoms with Gasteiger partial charge >= 0.3 is 6.09 Å². The lowest BCUT2D eigenvalue weighted by Crippen LogP contribution is -2.54. The fraction of sp³-hybridized carbons (Fsp3) is 0.464. The van der Waals surface area contributed by atoms with Crippen LogP contribution in [0, 0.1) is 0 Å². The Balaban J connectivity index is 1.45. The molecule has 11 nitrogen and oxygen atoms in total. The molecule has 0 radical (unpaired) electrons. The van der Waals surface area contributed by atoms with Crippen LogP contribution in [0.5, 0.6) is 0 Å². The zero-order valence-corrected chi connectivity index (χ0v) is 22.9. The summed E-state index contributed by atoms with van der Waals surface area (Å²) in [6.45, 7) is 5.77. The van der Waals surface area contributed by atoms with Crippen LogP contribution in [-0.2, 0) is 34.3 Å². The Morgan fingerprint density at radius 2 is 1.87 bits per heavy atom. The number of rotatable bonds is 8. The maximum atomic E-state index is 13.8. The van der Waals surface area contributed by atoms with Crippen LogP contribution in [0.4, 0.5) is 4.79 Å². The second-order valence-corrected chi connectivity index (χ2v) is 11.0. The zero-order chi connectivity index (χ0) is 28.2. The number of hydrogen-bond donors (Lipinski definition) is 3. The van der Waals surface area contributed by atoms with Crippen LogP contribution in [0.25, 0.3) is 11.0 Å². The SMILES string of the molecule is Cn1nnc2cc(CNC(=O)[C@@H]3CC(N)CN3C(=O)C(CCc3ccccc3)NC(=O)OC(C)(C)C)ccc21. The minimum atomic E-state index is -0.875. The van der Waals surface area contributed by atoms with Gasteiger partial charge in [-0.1, -0.05) is 41.6 Å². The fourth-order valence-corrected chi connectivity index (χ4v) is 4.73. The minimum absolute atomic E-state index is 0.223. The van der Waals surface area contributed by atoms with E-state index in [1.165, 1.54) is 4.90 Å². The van der Waals surface area contributed by atoms with E-state index in [0.717, 1.165) is 22.2 Å². The molecule has 1 aliphatic heterocycles. The Kier molecular flexibility index (Phi) is 8.49. The highest BCUT2D eigenvalue weighted by atomic mass is 16.6. The van der Waals surface area contributed by atoms with Gasteiger partial charge in [-0.3, -0.25) is 9.59 Å². The molecule has 0 aliphatic carbocycles.